The van der Waals surface area contributed by atoms with E-state index in [4.69, 9.17) is 4.63 Å². The lowest BCUT2D eigenvalue weighted by Crippen LogP contribution is -2.46. The number of nitro benzene ring substituents is 1. The highest BCUT2D eigenvalue weighted by Gasteiger charge is 2.29. The number of rotatable bonds is 4. The number of piperazine rings is 1. The lowest BCUT2D eigenvalue weighted by Gasteiger charge is -2.37. The van der Waals surface area contributed by atoms with Gasteiger partial charge in [-0.2, -0.15) is 0 Å². The van der Waals surface area contributed by atoms with Gasteiger partial charge in [0.15, 0.2) is 5.52 Å². The van der Waals surface area contributed by atoms with Gasteiger partial charge in [0.2, 0.25) is 5.52 Å². The topological polar surface area (TPSA) is 91.8 Å². The van der Waals surface area contributed by atoms with Gasteiger partial charge in [0, 0.05) is 46.0 Å². The third kappa shape index (κ3) is 3.06. The first-order chi connectivity index (χ1) is 13.5. The number of hydrogen-bond donors (Lipinski definition) is 0. The van der Waals surface area contributed by atoms with Crippen LogP contribution in [-0.4, -0.2) is 55.5 Å². The van der Waals surface area contributed by atoms with Gasteiger partial charge in [-0.15, -0.1) is 0 Å². The Bertz CT molecular complexity index is 1010. The summed E-state index contributed by atoms with van der Waals surface area (Å²) in [6.45, 7) is 2.83. The highest BCUT2D eigenvalue weighted by molar-refractivity contribution is 6.00. The first kappa shape index (κ1) is 18.0. The molecule has 1 fully saturated rings. The Morgan fingerprint density at radius 1 is 1.07 bits per heavy atom. The molecule has 0 unspecified atom stereocenters. The van der Waals surface area contributed by atoms with Gasteiger partial charge in [-0.05, 0) is 40.6 Å². The molecule has 1 aliphatic heterocycles. The van der Waals surface area contributed by atoms with E-state index in [2.05, 4.69) is 20.1 Å². The molecule has 0 spiro atoms. The molecule has 146 valence electrons. The molecule has 1 aliphatic rings. The lowest BCUT2D eigenvalue weighted by molar-refractivity contribution is -0.382. The molecule has 1 aromatic heterocycles. The summed E-state index contributed by atoms with van der Waals surface area (Å²) >= 11 is 0. The maximum absolute atomic E-state index is 13.1. The fourth-order valence-electron chi connectivity index (χ4n) is 3.52. The third-order valence-corrected chi connectivity index (χ3v) is 4.95. The number of hydrogen-bond acceptors (Lipinski definition) is 8. The summed E-state index contributed by atoms with van der Waals surface area (Å²) in [6.07, 6.45) is 0. The number of benzene rings is 2. The van der Waals surface area contributed by atoms with Crippen LogP contribution in [0.25, 0.3) is 11.0 Å². The van der Waals surface area contributed by atoms with Crippen LogP contribution in [0.3, 0.4) is 0 Å². The van der Waals surface area contributed by atoms with Crippen molar-refractivity contribution in [2.45, 2.75) is 0 Å². The van der Waals surface area contributed by atoms with E-state index in [1.807, 2.05) is 0 Å². The maximum atomic E-state index is 13.1. The molecule has 0 radical (unpaired) electrons. The van der Waals surface area contributed by atoms with Gasteiger partial charge in [0.25, 0.3) is 0 Å². The number of fused-ring (bicyclic) bond motifs is 1. The number of nitro groups is 1. The minimum absolute atomic E-state index is 0.116. The van der Waals surface area contributed by atoms with Gasteiger partial charge in [-0.1, -0.05) is 0 Å². The molecule has 0 aliphatic carbocycles. The normalized spacial score (nSPS) is 14.5. The second kappa shape index (κ2) is 6.95. The second-order valence-electron chi connectivity index (χ2n) is 6.83. The van der Waals surface area contributed by atoms with Crippen LogP contribution in [0.5, 0.6) is 0 Å². The predicted molar refractivity (Wildman–Crippen MR) is 104 cm³/mol. The van der Waals surface area contributed by atoms with E-state index >= 15 is 0 Å². The maximum Gasteiger partial charge on any atom is 0.323 e. The molecule has 0 bridgehead atoms. The standard InChI is InChI=1S/C18H19FN6O3/c1-22(2)15-11-14(16-17(21-28-20-16)18(15)25(26)27)24-9-7-23(8-10-24)13-5-3-12(19)4-6-13/h3-6,11H,7-10H2,1-2H3. The van der Waals surface area contributed by atoms with Gasteiger partial charge in [0.1, 0.15) is 11.5 Å². The monoisotopic (exact) mass is 386 g/mol. The first-order valence-corrected chi connectivity index (χ1v) is 8.82. The van der Waals surface area contributed by atoms with Crippen LogP contribution in [0.2, 0.25) is 0 Å². The van der Waals surface area contributed by atoms with Gasteiger partial charge in [-0.25, -0.2) is 9.02 Å². The van der Waals surface area contributed by atoms with E-state index in [1.54, 1.807) is 37.2 Å². The SMILES string of the molecule is CN(C)c1cc(N2CCN(c3ccc(F)cc3)CC2)c2nonc2c1[N+](=O)[O-]. The average molecular weight is 386 g/mol. The molecular weight excluding hydrogens is 367 g/mol. The number of aromatic nitrogens is 2. The largest absolute Gasteiger partial charge is 0.372 e. The second-order valence-corrected chi connectivity index (χ2v) is 6.83. The summed E-state index contributed by atoms with van der Waals surface area (Å²) < 4.78 is 18.0. The van der Waals surface area contributed by atoms with Crippen molar-refractivity contribution in [3.63, 3.8) is 0 Å². The van der Waals surface area contributed by atoms with Crippen molar-refractivity contribution in [1.29, 1.82) is 0 Å². The Hall–Kier alpha value is -3.43. The van der Waals surface area contributed by atoms with Gasteiger partial charge in [-0.3, -0.25) is 10.1 Å². The zero-order chi connectivity index (χ0) is 19.8. The van der Waals surface area contributed by atoms with Crippen molar-refractivity contribution in [2.24, 2.45) is 0 Å². The highest BCUT2D eigenvalue weighted by Crippen LogP contribution is 2.39. The van der Waals surface area contributed by atoms with E-state index in [1.165, 1.54) is 12.1 Å². The number of halogens is 1. The fraction of sp³-hybridized carbons (Fsp3) is 0.333. The van der Waals surface area contributed by atoms with Crippen LogP contribution in [-0.2, 0) is 0 Å². The molecule has 2 heterocycles. The molecule has 0 saturated carbocycles. The minimum atomic E-state index is -0.460. The van der Waals surface area contributed by atoms with E-state index in [-0.39, 0.29) is 17.0 Å². The zero-order valence-corrected chi connectivity index (χ0v) is 15.5. The molecule has 9 nitrogen and oxygen atoms in total. The van der Waals surface area contributed by atoms with Crippen molar-refractivity contribution in [2.75, 3.05) is 55.0 Å². The summed E-state index contributed by atoms with van der Waals surface area (Å²) in [7, 11) is 3.50. The summed E-state index contributed by atoms with van der Waals surface area (Å²) in [5, 5.41) is 19.3. The number of anilines is 3. The van der Waals surface area contributed by atoms with E-state index in [9.17, 15) is 14.5 Å². The Morgan fingerprint density at radius 3 is 2.29 bits per heavy atom. The lowest BCUT2D eigenvalue weighted by atomic mass is 10.1. The molecule has 0 atom stereocenters. The molecule has 0 amide bonds. The van der Waals surface area contributed by atoms with Crippen molar-refractivity contribution in [3.05, 3.63) is 46.3 Å². The van der Waals surface area contributed by atoms with E-state index in [0.717, 1.165) is 24.5 Å². The molecule has 28 heavy (non-hydrogen) atoms. The van der Waals surface area contributed by atoms with Crippen LogP contribution >= 0.6 is 0 Å². The molecule has 3 aromatic rings. The Morgan fingerprint density at radius 2 is 1.68 bits per heavy atom. The van der Waals surface area contributed by atoms with Crippen LogP contribution in [0.15, 0.2) is 35.0 Å². The summed E-state index contributed by atoms with van der Waals surface area (Å²) in [5.41, 5.74) is 2.58. The summed E-state index contributed by atoms with van der Waals surface area (Å²) in [4.78, 5) is 17.1. The average Bonchev–Trinajstić information content (AvgIpc) is 3.16. The molecular formula is C18H19FN6O3. The summed E-state index contributed by atoms with van der Waals surface area (Å²) in [5.74, 6) is -0.259. The van der Waals surface area contributed by atoms with E-state index < -0.39 is 4.92 Å². The highest BCUT2D eigenvalue weighted by atomic mass is 19.1. The van der Waals surface area contributed by atoms with E-state index in [0.29, 0.717) is 24.3 Å². The van der Waals surface area contributed by atoms with Crippen LogP contribution < -0.4 is 14.7 Å². The molecule has 2 aromatic carbocycles. The third-order valence-electron chi connectivity index (χ3n) is 4.95. The quantitative estimate of drug-likeness (QED) is 0.499. The molecule has 10 heteroatoms. The fourth-order valence-corrected chi connectivity index (χ4v) is 3.52. The Balaban J connectivity index is 1.65. The smallest absolute Gasteiger partial charge is 0.323 e. The summed E-state index contributed by atoms with van der Waals surface area (Å²) in [6, 6.07) is 8.19. The van der Waals surface area contributed by atoms with Crippen molar-refractivity contribution < 1.29 is 13.9 Å². The zero-order valence-electron chi connectivity index (χ0n) is 15.5. The Kier molecular flexibility index (Phi) is 4.46. The van der Waals surface area contributed by atoms with Crippen LogP contribution in [0.4, 0.5) is 27.1 Å². The molecule has 0 N–H and O–H groups in total. The van der Waals surface area contributed by atoms with Crippen molar-refractivity contribution in [3.8, 4) is 0 Å². The van der Waals surface area contributed by atoms with Crippen molar-refractivity contribution in [1.82, 2.24) is 10.3 Å². The minimum Gasteiger partial charge on any atom is -0.372 e. The van der Waals surface area contributed by atoms with Gasteiger partial charge < -0.3 is 14.7 Å². The predicted octanol–water partition coefficient (Wildman–Crippen LogP) is 2.66. The van der Waals surface area contributed by atoms with Crippen LogP contribution in [0, 0.1) is 15.9 Å². The van der Waals surface area contributed by atoms with Crippen molar-refractivity contribution >= 4 is 33.8 Å². The molecule has 1 saturated heterocycles. The van der Waals surface area contributed by atoms with Crippen LogP contribution in [0.1, 0.15) is 0 Å². The van der Waals surface area contributed by atoms with Gasteiger partial charge in [0.05, 0.1) is 10.6 Å². The first-order valence-electron chi connectivity index (χ1n) is 8.82. The Labute approximate surface area is 160 Å². The molecule has 4 rings (SSSR count). The number of nitrogens with zero attached hydrogens (tertiary/aromatic N) is 6. The van der Waals surface area contributed by atoms with Gasteiger partial charge >= 0.3 is 5.69 Å².